The van der Waals surface area contributed by atoms with Gasteiger partial charge in [0.15, 0.2) is 0 Å². The molecule has 3 rings (SSSR count). The maximum Gasteiger partial charge on any atom is 0.131 e. The summed E-state index contributed by atoms with van der Waals surface area (Å²) in [4.78, 5) is 0. The fourth-order valence-electron chi connectivity index (χ4n) is 2.25. The Balaban J connectivity index is 2.18. The summed E-state index contributed by atoms with van der Waals surface area (Å²) >= 11 is 6.46. The predicted molar refractivity (Wildman–Crippen MR) is 75.0 cm³/mol. The van der Waals surface area contributed by atoms with Crippen LogP contribution < -0.4 is 0 Å². The van der Waals surface area contributed by atoms with Crippen LogP contribution in [0.3, 0.4) is 0 Å². The summed E-state index contributed by atoms with van der Waals surface area (Å²) in [6.07, 6.45) is 0. The summed E-state index contributed by atoms with van der Waals surface area (Å²) in [6.45, 7) is 1.87. The number of fused-ring (bicyclic) bond motifs is 1. The van der Waals surface area contributed by atoms with E-state index in [-0.39, 0.29) is 5.82 Å². The van der Waals surface area contributed by atoms with Crippen LogP contribution in [0.1, 0.15) is 22.5 Å². The molecule has 0 fully saturated rings. The molecular weight excluding hydrogens is 263 g/mol. The Bertz CT molecular complexity index is 732. The van der Waals surface area contributed by atoms with Crippen LogP contribution in [0.25, 0.3) is 10.8 Å². The number of alkyl halides is 1. The second-order valence-corrected chi connectivity index (χ2v) is 4.93. The van der Waals surface area contributed by atoms with Crippen LogP contribution in [0.4, 0.5) is 4.39 Å². The Kier molecular flexibility index (Phi) is 3.03. The van der Waals surface area contributed by atoms with Gasteiger partial charge in [-0.25, -0.2) is 4.39 Å². The summed E-state index contributed by atoms with van der Waals surface area (Å²) in [6, 6.07) is 14.2. The first-order valence-corrected chi connectivity index (χ1v) is 6.48. The van der Waals surface area contributed by atoms with Gasteiger partial charge < -0.3 is 4.42 Å². The van der Waals surface area contributed by atoms with Crippen molar-refractivity contribution < 1.29 is 8.81 Å². The third-order valence-electron chi connectivity index (χ3n) is 3.19. The zero-order chi connectivity index (χ0) is 13.4. The predicted octanol–water partition coefficient (Wildman–Crippen LogP) is 5.21. The molecule has 0 saturated carbocycles. The lowest BCUT2D eigenvalue weighted by molar-refractivity contribution is 0.489. The molecular formula is C16H12ClFO. The van der Waals surface area contributed by atoms with Gasteiger partial charge in [0.25, 0.3) is 0 Å². The van der Waals surface area contributed by atoms with Crippen molar-refractivity contribution in [3.8, 4) is 0 Å². The molecule has 2 aromatic carbocycles. The molecule has 0 aliphatic carbocycles. The lowest BCUT2D eigenvalue weighted by Gasteiger charge is -2.11. The molecule has 1 atom stereocenters. The highest BCUT2D eigenvalue weighted by molar-refractivity contribution is 6.23. The van der Waals surface area contributed by atoms with Crippen molar-refractivity contribution in [3.63, 3.8) is 0 Å². The first kappa shape index (κ1) is 12.2. The Morgan fingerprint density at radius 1 is 1.00 bits per heavy atom. The lowest BCUT2D eigenvalue weighted by Crippen LogP contribution is -1.94. The van der Waals surface area contributed by atoms with E-state index in [9.17, 15) is 4.39 Å². The van der Waals surface area contributed by atoms with E-state index in [1.807, 2.05) is 37.3 Å². The number of hydrogen-bond acceptors (Lipinski definition) is 1. The van der Waals surface area contributed by atoms with Crippen molar-refractivity contribution in [2.24, 2.45) is 0 Å². The molecule has 96 valence electrons. The van der Waals surface area contributed by atoms with E-state index in [4.69, 9.17) is 16.0 Å². The third-order valence-corrected chi connectivity index (χ3v) is 3.64. The molecule has 0 aliphatic rings. The molecule has 3 heteroatoms. The van der Waals surface area contributed by atoms with Crippen LogP contribution in [0, 0.1) is 12.7 Å². The van der Waals surface area contributed by atoms with Crippen molar-refractivity contribution in [1.29, 1.82) is 0 Å². The second-order valence-electron chi connectivity index (χ2n) is 4.49. The van der Waals surface area contributed by atoms with Gasteiger partial charge in [-0.1, -0.05) is 30.3 Å². The number of furan rings is 1. The highest BCUT2D eigenvalue weighted by Crippen LogP contribution is 2.35. The van der Waals surface area contributed by atoms with E-state index in [2.05, 4.69) is 0 Å². The summed E-state index contributed by atoms with van der Waals surface area (Å²) in [7, 11) is 0. The van der Waals surface area contributed by atoms with Gasteiger partial charge in [-0.3, -0.25) is 0 Å². The SMILES string of the molecule is Cc1ccc(C(Cl)c2ccc(F)c3ccccc23)o1. The number of benzene rings is 2. The molecule has 0 N–H and O–H groups in total. The molecule has 0 amide bonds. The van der Waals surface area contributed by atoms with Crippen LogP contribution in [0.15, 0.2) is 52.9 Å². The van der Waals surface area contributed by atoms with Crippen LogP contribution >= 0.6 is 11.6 Å². The second kappa shape index (κ2) is 4.71. The van der Waals surface area contributed by atoms with Crippen molar-refractivity contribution in [2.75, 3.05) is 0 Å². The molecule has 1 aromatic heterocycles. The van der Waals surface area contributed by atoms with E-state index in [1.165, 1.54) is 6.07 Å². The minimum atomic E-state index is -0.417. The van der Waals surface area contributed by atoms with E-state index >= 15 is 0 Å². The Labute approximate surface area is 115 Å². The van der Waals surface area contributed by atoms with Gasteiger partial charge in [0, 0.05) is 5.39 Å². The number of rotatable bonds is 2. The number of hydrogen-bond donors (Lipinski definition) is 0. The van der Waals surface area contributed by atoms with Gasteiger partial charge in [0.1, 0.15) is 22.7 Å². The molecule has 0 bridgehead atoms. The Morgan fingerprint density at radius 3 is 2.42 bits per heavy atom. The van der Waals surface area contributed by atoms with Gasteiger partial charge in [0.05, 0.1) is 0 Å². The van der Waals surface area contributed by atoms with Crippen molar-refractivity contribution in [3.05, 3.63) is 71.4 Å². The maximum atomic E-state index is 13.8. The average Bonchev–Trinajstić information content (AvgIpc) is 2.86. The first-order valence-electron chi connectivity index (χ1n) is 6.04. The van der Waals surface area contributed by atoms with Crippen molar-refractivity contribution >= 4 is 22.4 Å². The Hall–Kier alpha value is -1.80. The lowest BCUT2D eigenvalue weighted by atomic mass is 10.0. The van der Waals surface area contributed by atoms with Crippen LogP contribution in [-0.4, -0.2) is 0 Å². The van der Waals surface area contributed by atoms with Crippen LogP contribution in [0.2, 0.25) is 0 Å². The molecule has 0 aliphatic heterocycles. The third kappa shape index (κ3) is 2.13. The smallest absolute Gasteiger partial charge is 0.131 e. The van der Waals surface area contributed by atoms with E-state index in [1.54, 1.807) is 12.1 Å². The van der Waals surface area contributed by atoms with Crippen molar-refractivity contribution in [2.45, 2.75) is 12.3 Å². The first-order chi connectivity index (χ1) is 9.16. The average molecular weight is 275 g/mol. The maximum absolute atomic E-state index is 13.8. The molecule has 0 spiro atoms. The summed E-state index contributed by atoms with van der Waals surface area (Å²) in [5, 5.41) is 0.977. The monoisotopic (exact) mass is 274 g/mol. The Morgan fingerprint density at radius 2 is 1.74 bits per heavy atom. The molecule has 0 radical (unpaired) electrons. The zero-order valence-electron chi connectivity index (χ0n) is 10.4. The molecule has 1 heterocycles. The highest BCUT2D eigenvalue weighted by Gasteiger charge is 2.18. The van der Waals surface area contributed by atoms with E-state index < -0.39 is 5.38 Å². The van der Waals surface area contributed by atoms with Gasteiger partial charge in [-0.15, -0.1) is 11.6 Å². The van der Waals surface area contributed by atoms with Crippen LogP contribution in [0.5, 0.6) is 0 Å². The summed E-state index contributed by atoms with van der Waals surface area (Å²) < 4.78 is 19.3. The zero-order valence-corrected chi connectivity index (χ0v) is 11.1. The van der Waals surface area contributed by atoms with Gasteiger partial charge in [-0.2, -0.15) is 0 Å². The van der Waals surface area contributed by atoms with Gasteiger partial charge in [0.2, 0.25) is 0 Å². The molecule has 1 unspecified atom stereocenters. The normalized spacial score (nSPS) is 12.8. The molecule has 1 nitrogen and oxygen atoms in total. The quantitative estimate of drug-likeness (QED) is 0.585. The standard InChI is InChI=1S/C16H12ClFO/c1-10-6-9-15(19-10)16(17)13-7-8-14(18)12-5-3-2-4-11(12)13/h2-9,16H,1H3. The van der Waals surface area contributed by atoms with Gasteiger partial charge >= 0.3 is 0 Å². The molecule has 3 aromatic rings. The number of aryl methyl sites for hydroxylation is 1. The van der Waals surface area contributed by atoms with Gasteiger partial charge in [-0.05, 0) is 36.1 Å². The van der Waals surface area contributed by atoms with Crippen molar-refractivity contribution in [1.82, 2.24) is 0 Å². The van der Waals surface area contributed by atoms with Crippen LogP contribution in [-0.2, 0) is 0 Å². The topological polar surface area (TPSA) is 13.1 Å². The minimum Gasteiger partial charge on any atom is -0.464 e. The molecule has 0 saturated heterocycles. The fraction of sp³-hybridized carbons (Fsp3) is 0.125. The fourth-order valence-corrected chi connectivity index (χ4v) is 2.56. The summed E-state index contributed by atoms with van der Waals surface area (Å²) in [5.74, 6) is 1.25. The van der Waals surface area contributed by atoms with E-state index in [0.29, 0.717) is 11.1 Å². The minimum absolute atomic E-state index is 0.237. The van der Waals surface area contributed by atoms with E-state index in [0.717, 1.165) is 16.7 Å². The summed E-state index contributed by atoms with van der Waals surface area (Å²) in [5.41, 5.74) is 0.855. The highest BCUT2D eigenvalue weighted by atomic mass is 35.5. The number of halogens is 2. The molecule has 19 heavy (non-hydrogen) atoms. The largest absolute Gasteiger partial charge is 0.464 e.